The average molecular weight is 282 g/mol. The molecule has 2 aliphatic heterocycles. The van der Waals surface area contributed by atoms with E-state index in [1.165, 1.54) is 58.2 Å². The highest BCUT2D eigenvalue weighted by atomic mass is 16.5. The minimum atomic E-state index is 0.557. The first-order chi connectivity index (χ1) is 9.74. The van der Waals surface area contributed by atoms with E-state index in [0.29, 0.717) is 12.1 Å². The maximum absolute atomic E-state index is 5.75. The third kappa shape index (κ3) is 4.44. The second-order valence-corrected chi connectivity index (χ2v) is 6.74. The molecule has 3 heteroatoms. The Hall–Kier alpha value is -0.120. The molecule has 2 saturated heterocycles. The molecule has 0 amide bonds. The van der Waals surface area contributed by atoms with Crippen LogP contribution in [0.4, 0.5) is 0 Å². The van der Waals surface area contributed by atoms with Gasteiger partial charge in [-0.15, -0.1) is 0 Å². The normalized spacial score (nSPS) is 33.5. The van der Waals surface area contributed by atoms with E-state index in [2.05, 4.69) is 31.0 Å². The van der Waals surface area contributed by atoms with Gasteiger partial charge in [-0.1, -0.05) is 27.2 Å². The smallest absolute Gasteiger partial charge is 0.0576 e. The minimum absolute atomic E-state index is 0.557. The Morgan fingerprint density at radius 3 is 2.85 bits per heavy atom. The Morgan fingerprint density at radius 1 is 1.35 bits per heavy atom. The average Bonchev–Trinajstić information content (AvgIpc) is 2.99. The molecule has 0 spiro atoms. The highest BCUT2D eigenvalue weighted by molar-refractivity contribution is 4.88. The second kappa shape index (κ2) is 8.35. The SMILES string of the molecule is CCC1CN(CCCC2CCCO2)C(C(C)CC)CN1. The van der Waals surface area contributed by atoms with Gasteiger partial charge < -0.3 is 10.1 Å². The van der Waals surface area contributed by atoms with Gasteiger partial charge in [0.15, 0.2) is 0 Å². The number of hydrogen-bond acceptors (Lipinski definition) is 3. The zero-order valence-corrected chi connectivity index (χ0v) is 13.7. The summed E-state index contributed by atoms with van der Waals surface area (Å²) in [7, 11) is 0. The molecular weight excluding hydrogens is 248 g/mol. The standard InChI is InChI=1S/C17H34N2O/c1-4-14(3)17-12-18-15(5-2)13-19(17)10-6-8-16-9-7-11-20-16/h14-18H,4-13H2,1-3H3. The molecule has 1 N–H and O–H groups in total. The van der Waals surface area contributed by atoms with Crippen molar-refractivity contribution in [1.29, 1.82) is 0 Å². The van der Waals surface area contributed by atoms with Gasteiger partial charge in [0, 0.05) is 31.8 Å². The molecule has 0 aliphatic carbocycles. The molecule has 4 unspecified atom stereocenters. The summed E-state index contributed by atoms with van der Waals surface area (Å²) >= 11 is 0. The van der Waals surface area contributed by atoms with Gasteiger partial charge in [-0.05, 0) is 44.6 Å². The summed E-state index contributed by atoms with van der Waals surface area (Å²) in [5, 5.41) is 3.73. The van der Waals surface area contributed by atoms with Crippen molar-refractivity contribution in [2.45, 2.75) is 77.5 Å². The fourth-order valence-electron chi connectivity index (χ4n) is 3.66. The van der Waals surface area contributed by atoms with Gasteiger partial charge in [0.25, 0.3) is 0 Å². The van der Waals surface area contributed by atoms with Crippen LogP contribution in [-0.2, 0) is 4.74 Å². The van der Waals surface area contributed by atoms with E-state index < -0.39 is 0 Å². The number of nitrogens with zero attached hydrogens (tertiary/aromatic N) is 1. The van der Waals surface area contributed by atoms with Crippen LogP contribution in [0.15, 0.2) is 0 Å². The monoisotopic (exact) mass is 282 g/mol. The fourth-order valence-corrected chi connectivity index (χ4v) is 3.66. The van der Waals surface area contributed by atoms with E-state index in [9.17, 15) is 0 Å². The van der Waals surface area contributed by atoms with E-state index >= 15 is 0 Å². The molecule has 2 fully saturated rings. The van der Waals surface area contributed by atoms with Crippen molar-refractivity contribution in [3.8, 4) is 0 Å². The largest absolute Gasteiger partial charge is 0.378 e. The van der Waals surface area contributed by atoms with Crippen molar-refractivity contribution in [1.82, 2.24) is 10.2 Å². The number of piperazine rings is 1. The van der Waals surface area contributed by atoms with E-state index in [1.807, 2.05) is 0 Å². The van der Waals surface area contributed by atoms with Crippen molar-refractivity contribution in [3.05, 3.63) is 0 Å². The lowest BCUT2D eigenvalue weighted by Crippen LogP contribution is -2.58. The molecule has 0 saturated carbocycles. The first-order valence-electron chi connectivity index (χ1n) is 8.83. The molecular formula is C17H34N2O. The van der Waals surface area contributed by atoms with Crippen LogP contribution in [-0.4, -0.2) is 49.3 Å². The van der Waals surface area contributed by atoms with E-state index in [1.54, 1.807) is 0 Å². The molecule has 2 rings (SSSR count). The summed E-state index contributed by atoms with van der Waals surface area (Å²) in [5.74, 6) is 0.794. The zero-order valence-electron chi connectivity index (χ0n) is 13.7. The molecule has 0 aromatic rings. The first-order valence-corrected chi connectivity index (χ1v) is 8.83. The highest BCUT2D eigenvalue weighted by Gasteiger charge is 2.29. The van der Waals surface area contributed by atoms with Crippen LogP contribution in [0, 0.1) is 5.92 Å². The molecule has 2 aliphatic rings. The van der Waals surface area contributed by atoms with Gasteiger partial charge in [-0.25, -0.2) is 0 Å². The Labute approximate surface area is 125 Å². The molecule has 118 valence electrons. The lowest BCUT2D eigenvalue weighted by Gasteiger charge is -2.43. The van der Waals surface area contributed by atoms with Crippen molar-refractivity contribution in [3.63, 3.8) is 0 Å². The van der Waals surface area contributed by atoms with Gasteiger partial charge in [-0.2, -0.15) is 0 Å². The van der Waals surface area contributed by atoms with Gasteiger partial charge in [0.1, 0.15) is 0 Å². The molecule has 20 heavy (non-hydrogen) atoms. The lowest BCUT2D eigenvalue weighted by atomic mass is 9.93. The van der Waals surface area contributed by atoms with Crippen molar-refractivity contribution < 1.29 is 4.74 Å². The molecule has 3 nitrogen and oxygen atoms in total. The number of ether oxygens (including phenoxy) is 1. The van der Waals surface area contributed by atoms with E-state index in [-0.39, 0.29) is 0 Å². The lowest BCUT2D eigenvalue weighted by molar-refractivity contribution is 0.0722. The summed E-state index contributed by atoms with van der Waals surface area (Å²) in [6, 6.07) is 1.42. The van der Waals surface area contributed by atoms with Crippen molar-refractivity contribution >= 4 is 0 Å². The summed E-state index contributed by atoms with van der Waals surface area (Å²) in [4.78, 5) is 2.76. The minimum Gasteiger partial charge on any atom is -0.378 e. The molecule has 4 atom stereocenters. The number of nitrogens with one attached hydrogen (secondary N) is 1. The maximum atomic E-state index is 5.75. The third-order valence-electron chi connectivity index (χ3n) is 5.33. The zero-order chi connectivity index (χ0) is 14.4. The van der Waals surface area contributed by atoms with Crippen LogP contribution in [0.1, 0.15) is 59.3 Å². The number of rotatable bonds is 7. The first kappa shape index (κ1) is 16.3. The Balaban J connectivity index is 1.79. The summed E-state index contributed by atoms with van der Waals surface area (Å²) in [6.07, 6.45) is 8.20. The van der Waals surface area contributed by atoms with Crippen LogP contribution in [0.25, 0.3) is 0 Å². The van der Waals surface area contributed by atoms with Gasteiger partial charge in [-0.3, -0.25) is 4.90 Å². The molecule has 0 radical (unpaired) electrons. The van der Waals surface area contributed by atoms with Gasteiger partial charge in [0.05, 0.1) is 6.10 Å². The summed E-state index contributed by atoms with van der Waals surface area (Å²) < 4.78 is 5.75. The third-order valence-corrected chi connectivity index (χ3v) is 5.33. The fraction of sp³-hybridized carbons (Fsp3) is 1.00. The second-order valence-electron chi connectivity index (χ2n) is 6.74. The van der Waals surface area contributed by atoms with E-state index in [4.69, 9.17) is 4.74 Å². The predicted octanol–water partition coefficient (Wildman–Crippen LogP) is 3.04. The van der Waals surface area contributed by atoms with Crippen molar-refractivity contribution in [2.75, 3.05) is 26.2 Å². The van der Waals surface area contributed by atoms with Crippen LogP contribution in [0.2, 0.25) is 0 Å². The van der Waals surface area contributed by atoms with Gasteiger partial charge in [0.2, 0.25) is 0 Å². The molecule has 2 heterocycles. The Kier molecular flexibility index (Phi) is 6.79. The van der Waals surface area contributed by atoms with Gasteiger partial charge >= 0.3 is 0 Å². The quantitative estimate of drug-likeness (QED) is 0.777. The van der Waals surface area contributed by atoms with Crippen LogP contribution >= 0.6 is 0 Å². The Morgan fingerprint density at radius 2 is 2.20 bits per heavy atom. The predicted molar refractivity (Wildman–Crippen MR) is 85.1 cm³/mol. The maximum Gasteiger partial charge on any atom is 0.0576 e. The van der Waals surface area contributed by atoms with Crippen LogP contribution in [0.3, 0.4) is 0 Å². The van der Waals surface area contributed by atoms with E-state index in [0.717, 1.165) is 18.6 Å². The summed E-state index contributed by atoms with van der Waals surface area (Å²) in [6.45, 7) is 11.7. The van der Waals surface area contributed by atoms with Crippen LogP contribution in [0.5, 0.6) is 0 Å². The summed E-state index contributed by atoms with van der Waals surface area (Å²) in [5.41, 5.74) is 0. The van der Waals surface area contributed by atoms with Crippen molar-refractivity contribution in [2.24, 2.45) is 5.92 Å². The Bertz CT molecular complexity index is 266. The number of hydrogen-bond donors (Lipinski definition) is 1. The topological polar surface area (TPSA) is 24.5 Å². The molecule has 0 bridgehead atoms. The molecule has 0 aromatic carbocycles. The van der Waals surface area contributed by atoms with Crippen LogP contribution < -0.4 is 5.32 Å². The highest BCUT2D eigenvalue weighted by Crippen LogP contribution is 2.21. The molecule has 0 aromatic heterocycles.